The van der Waals surface area contributed by atoms with Gasteiger partial charge in [0.1, 0.15) is 0 Å². The number of hydrogen-bond acceptors (Lipinski definition) is 4. The Balaban J connectivity index is 2.24. The number of benzene rings is 2. The number of sulfonamides is 1. The van der Waals surface area contributed by atoms with Gasteiger partial charge in [0.2, 0.25) is 10.0 Å². The van der Waals surface area contributed by atoms with Gasteiger partial charge >= 0.3 is 5.69 Å². The van der Waals surface area contributed by atoms with Crippen LogP contribution >= 0.6 is 11.6 Å². The number of primary sulfonamides is 1. The molecule has 7 nitrogen and oxygen atoms in total. The van der Waals surface area contributed by atoms with Crippen LogP contribution in [-0.2, 0) is 10.0 Å². The molecule has 0 radical (unpaired) electrons. The van der Waals surface area contributed by atoms with Gasteiger partial charge < -0.3 is 0 Å². The summed E-state index contributed by atoms with van der Waals surface area (Å²) >= 11 is 5.87. The molecular formula is C16H12ClN3O4S. The predicted octanol–water partition coefficient (Wildman–Crippen LogP) is 1.49. The van der Waals surface area contributed by atoms with Gasteiger partial charge in [0.05, 0.1) is 16.3 Å². The second-order valence-electron chi connectivity index (χ2n) is 5.21. The lowest BCUT2D eigenvalue weighted by Crippen LogP contribution is -2.29. The molecule has 0 saturated heterocycles. The van der Waals surface area contributed by atoms with E-state index in [-0.39, 0.29) is 4.90 Å². The van der Waals surface area contributed by atoms with Crippen LogP contribution in [0.15, 0.2) is 69.1 Å². The van der Waals surface area contributed by atoms with E-state index >= 15 is 0 Å². The van der Waals surface area contributed by atoms with Crippen molar-refractivity contribution in [1.29, 1.82) is 0 Å². The van der Waals surface area contributed by atoms with Crippen molar-refractivity contribution in [3.05, 3.63) is 80.5 Å². The lowest BCUT2D eigenvalue weighted by atomic mass is 10.1. The van der Waals surface area contributed by atoms with E-state index in [1.807, 2.05) is 0 Å². The number of H-pyrrole nitrogens is 1. The SMILES string of the molecule is NS(=O)(=O)c1ccc(-c2cc(=O)[nH]c(=O)n2-c2ccc(Cl)cc2)cc1. The molecular weight excluding hydrogens is 366 g/mol. The molecule has 0 amide bonds. The molecule has 9 heteroatoms. The third kappa shape index (κ3) is 3.55. The second kappa shape index (κ2) is 6.32. The molecule has 25 heavy (non-hydrogen) atoms. The summed E-state index contributed by atoms with van der Waals surface area (Å²) in [5.41, 5.74) is 0.0832. The summed E-state index contributed by atoms with van der Waals surface area (Å²) in [5, 5.41) is 5.58. The number of rotatable bonds is 3. The van der Waals surface area contributed by atoms with E-state index in [4.69, 9.17) is 16.7 Å². The molecule has 3 rings (SSSR count). The summed E-state index contributed by atoms with van der Waals surface area (Å²) in [6.07, 6.45) is 0. The van der Waals surface area contributed by atoms with Gasteiger partial charge in [0.25, 0.3) is 5.56 Å². The molecule has 1 heterocycles. The van der Waals surface area contributed by atoms with Crippen molar-refractivity contribution in [3.63, 3.8) is 0 Å². The fourth-order valence-corrected chi connectivity index (χ4v) is 3.01. The van der Waals surface area contributed by atoms with Crippen LogP contribution in [0, 0.1) is 0 Å². The fourth-order valence-electron chi connectivity index (χ4n) is 2.37. The molecule has 3 N–H and O–H groups in total. The first-order valence-corrected chi connectivity index (χ1v) is 8.94. The Morgan fingerprint density at radius 3 is 2.12 bits per heavy atom. The standard InChI is InChI=1S/C16H12ClN3O4S/c17-11-3-5-12(6-4-11)20-14(9-15(21)19-16(20)22)10-1-7-13(8-2-10)25(18,23)24/h1-9H,(H2,18,23,24)(H,19,21,22). The van der Waals surface area contributed by atoms with Gasteiger partial charge in [-0.2, -0.15) is 0 Å². The number of aromatic amines is 1. The van der Waals surface area contributed by atoms with E-state index < -0.39 is 21.3 Å². The topological polar surface area (TPSA) is 115 Å². The molecule has 0 atom stereocenters. The van der Waals surface area contributed by atoms with Crippen LogP contribution in [-0.4, -0.2) is 18.0 Å². The van der Waals surface area contributed by atoms with Crippen molar-refractivity contribution in [3.8, 4) is 16.9 Å². The summed E-state index contributed by atoms with van der Waals surface area (Å²) in [5.74, 6) is 0. The molecule has 2 aromatic carbocycles. The molecule has 0 aliphatic carbocycles. The van der Waals surface area contributed by atoms with Crippen LogP contribution < -0.4 is 16.4 Å². The van der Waals surface area contributed by atoms with Crippen molar-refractivity contribution in [1.82, 2.24) is 9.55 Å². The van der Waals surface area contributed by atoms with E-state index in [1.165, 1.54) is 34.9 Å². The average Bonchev–Trinajstić information content (AvgIpc) is 2.55. The first-order chi connectivity index (χ1) is 11.8. The van der Waals surface area contributed by atoms with E-state index in [1.54, 1.807) is 24.3 Å². The van der Waals surface area contributed by atoms with Crippen LogP contribution in [0.2, 0.25) is 5.02 Å². The molecule has 0 aliphatic rings. The number of nitrogens with zero attached hydrogens (tertiary/aromatic N) is 1. The van der Waals surface area contributed by atoms with Crippen molar-refractivity contribution in [2.75, 3.05) is 0 Å². The molecule has 0 fully saturated rings. The number of aromatic nitrogens is 2. The van der Waals surface area contributed by atoms with Crippen molar-refractivity contribution in [2.24, 2.45) is 5.14 Å². The summed E-state index contributed by atoms with van der Waals surface area (Å²) in [4.78, 5) is 26.2. The zero-order valence-corrected chi connectivity index (χ0v) is 14.2. The van der Waals surface area contributed by atoms with Crippen LogP contribution in [0.3, 0.4) is 0 Å². The maximum Gasteiger partial charge on any atom is 0.333 e. The highest BCUT2D eigenvalue weighted by Gasteiger charge is 2.13. The Kier molecular flexibility index (Phi) is 4.34. The van der Waals surface area contributed by atoms with Gasteiger partial charge in [-0.15, -0.1) is 0 Å². The minimum Gasteiger partial charge on any atom is -0.274 e. The maximum absolute atomic E-state index is 12.3. The van der Waals surface area contributed by atoms with Gasteiger partial charge in [-0.05, 0) is 42.0 Å². The third-order valence-electron chi connectivity index (χ3n) is 3.51. The molecule has 0 spiro atoms. The Labute approximate surface area is 147 Å². The highest BCUT2D eigenvalue weighted by molar-refractivity contribution is 7.89. The zero-order chi connectivity index (χ0) is 18.2. The largest absolute Gasteiger partial charge is 0.333 e. The quantitative estimate of drug-likeness (QED) is 0.719. The predicted molar refractivity (Wildman–Crippen MR) is 94.5 cm³/mol. The monoisotopic (exact) mass is 377 g/mol. The number of nitrogens with one attached hydrogen (secondary N) is 1. The van der Waals surface area contributed by atoms with Crippen LogP contribution in [0.5, 0.6) is 0 Å². The van der Waals surface area contributed by atoms with Crippen LogP contribution in [0.25, 0.3) is 16.9 Å². The number of halogens is 1. The third-order valence-corrected chi connectivity index (χ3v) is 4.69. The Hall–Kier alpha value is -2.68. The first-order valence-electron chi connectivity index (χ1n) is 7.01. The van der Waals surface area contributed by atoms with Gasteiger partial charge in [0, 0.05) is 11.1 Å². The highest BCUT2D eigenvalue weighted by Crippen LogP contribution is 2.22. The second-order valence-corrected chi connectivity index (χ2v) is 7.20. The van der Waals surface area contributed by atoms with Gasteiger partial charge in [-0.3, -0.25) is 14.3 Å². The van der Waals surface area contributed by atoms with Crippen molar-refractivity contribution < 1.29 is 8.42 Å². The molecule has 128 valence electrons. The average molecular weight is 378 g/mol. The Morgan fingerprint density at radius 2 is 1.56 bits per heavy atom. The molecule has 1 aromatic heterocycles. The lowest BCUT2D eigenvalue weighted by molar-refractivity contribution is 0.598. The molecule has 3 aromatic rings. The fraction of sp³-hybridized carbons (Fsp3) is 0. The zero-order valence-electron chi connectivity index (χ0n) is 12.6. The van der Waals surface area contributed by atoms with Crippen LogP contribution in [0.4, 0.5) is 0 Å². The van der Waals surface area contributed by atoms with E-state index in [2.05, 4.69) is 4.98 Å². The lowest BCUT2D eigenvalue weighted by Gasteiger charge is -2.12. The van der Waals surface area contributed by atoms with Crippen molar-refractivity contribution in [2.45, 2.75) is 4.90 Å². The summed E-state index contributed by atoms with van der Waals surface area (Å²) < 4.78 is 24.0. The molecule has 0 bridgehead atoms. The summed E-state index contributed by atoms with van der Waals surface area (Å²) in [7, 11) is -3.84. The number of nitrogens with two attached hydrogens (primary N) is 1. The van der Waals surface area contributed by atoms with Gasteiger partial charge in [0.15, 0.2) is 0 Å². The minimum absolute atomic E-state index is 0.0681. The minimum atomic E-state index is -3.84. The van der Waals surface area contributed by atoms with E-state index in [9.17, 15) is 18.0 Å². The van der Waals surface area contributed by atoms with Crippen LogP contribution in [0.1, 0.15) is 0 Å². The van der Waals surface area contributed by atoms with Gasteiger partial charge in [-0.1, -0.05) is 23.7 Å². The van der Waals surface area contributed by atoms with Gasteiger partial charge in [-0.25, -0.2) is 18.4 Å². The van der Waals surface area contributed by atoms with E-state index in [0.29, 0.717) is 22.0 Å². The number of hydrogen-bond donors (Lipinski definition) is 2. The maximum atomic E-state index is 12.3. The van der Waals surface area contributed by atoms with Crippen molar-refractivity contribution >= 4 is 21.6 Å². The summed E-state index contributed by atoms with van der Waals surface area (Å²) in [6, 6.07) is 13.3. The molecule has 0 unspecified atom stereocenters. The Morgan fingerprint density at radius 1 is 0.960 bits per heavy atom. The smallest absolute Gasteiger partial charge is 0.274 e. The Bertz CT molecular complexity index is 1150. The first kappa shape index (κ1) is 17.2. The van der Waals surface area contributed by atoms with E-state index in [0.717, 1.165) is 0 Å². The highest BCUT2D eigenvalue weighted by atomic mass is 35.5. The summed E-state index contributed by atoms with van der Waals surface area (Å²) in [6.45, 7) is 0. The normalized spacial score (nSPS) is 11.4. The molecule has 0 saturated carbocycles. The molecule has 0 aliphatic heterocycles.